The van der Waals surface area contributed by atoms with Crippen LogP contribution in [0.2, 0.25) is 5.02 Å². The summed E-state index contributed by atoms with van der Waals surface area (Å²) in [5.74, 6) is 0.266. The van der Waals surface area contributed by atoms with Gasteiger partial charge in [-0.05, 0) is 55.3 Å². The van der Waals surface area contributed by atoms with Crippen LogP contribution in [-0.4, -0.2) is 31.2 Å². The summed E-state index contributed by atoms with van der Waals surface area (Å²) in [6.45, 7) is 4.51. The van der Waals surface area contributed by atoms with Gasteiger partial charge in [0, 0.05) is 23.2 Å². The summed E-state index contributed by atoms with van der Waals surface area (Å²) in [6, 6.07) is 10.6. The molecule has 3 rings (SSSR count). The fourth-order valence-electron chi connectivity index (χ4n) is 2.69. The Morgan fingerprint density at radius 1 is 1.17 bits per heavy atom. The minimum absolute atomic E-state index is 0.437. The normalized spacial score (nSPS) is 14.2. The number of nitrogens with one attached hydrogen (secondary N) is 1. The summed E-state index contributed by atoms with van der Waals surface area (Å²) in [4.78, 5) is 24.4. The van der Waals surface area contributed by atoms with Crippen LogP contribution in [0.1, 0.15) is 24.5 Å². The van der Waals surface area contributed by atoms with Crippen LogP contribution >= 0.6 is 11.6 Å². The molecule has 0 saturated heterocycles. The number of rotatable bonds is 5. The van der Waals surface area contributed by atoms with E-state index in [9.17, 15) is 9.59 Å². The van der Waals surface area contributed by atoms with Crippen molar-refractivity contribution in [1.29, 1.82) is 0 Å². The van der Waals surface area contributed by atoms with Crippen LogP contribution in [0.15, 0.2) is 42.5 Å². The molecule has 1 aliphatic rings. The summed E-state index contributed by atoms with van der Waals surface area (Å²) in [6.07, 6.45) is 2.73. The van der Waals surface area contributed by atoms with E-state index in [2.05, 4.69) is 5.32 Å². The summed E-state index contributed by atoms with van der Waals surface area (Å²) in [7, 11) is 0. The van der Waals surface area contributed by atoms with Gasteiger partial charge in [0.2, 0.25) is 0 Å². The van der Waals surface area contributed by atoms with Crippen LogP contribution in [0.5, 0.6) is 11.5 Å². The molecular formula is C22H22ClNO5. The quantitative estimate of drug-likeness (QED) is 0.579. The van der Waals surface area contributed by atoms with E-state index in [4.69, 9.17) is 25.8 Å². The van der Waals surface area contributed by atoms with Crippen LogP contribution in [0.4, 0.5) is 5.69 Å². The minimum Gasteiger partial charge on any atom is -0.490 e. The molecule has 0 saturated carbocycles. The van der Waals surface area contributed by atoms with Crippen molar-refractivity contribution in [2.45, 2.75) is 26.4 Å². The largest absolute Gasteiger partial charge is 0.490 e. The van der Waals surface area contributed by atoms with Crippen molar-refractivity contribution in [3.63, 3.8) is 0 Å². The zero-order valence-electron chi connectivity index (χ0n) is 16.2. The molecule has 0 aromatic heterocycles. The van der Waals surface area contributed by atoms with Gasteiger partial charge in [0.15, 0.2) is 17.6 Å². The van der Waals surface area contributed by atoms with Crippen LogP contribution in [0.3, 0.4) is 0 Å². The van der Waals surface area contributed by atoms with Crippen LogP contribution in [0.25, 0.3) is 6.08 Å². The molecule has 2 aromatic carbocycles. The van der Waals surface area contributed by atoms with E-state index < -0.39 is 18.0 Å². The Labute approximate surface area is 174 Å². The zero-order valence-corrected chi connectivity index (χ0v) is 17.0. The van der Waals surface area contributed by atoms with Gasteiger partial charge >= 0.3 is 5.97 Å². The highest BCUT2D eigenvalue weighted by atomic mass is 35.5. The van der Waals surface area contributed by atoms with Gasteiger partial charge in [0.1, 0.15) is 0 Å². The van der Waals surface area contributed by atoms with Crippen molar-refractivity contribution in [1.82, 2.24) is 0 Å². The highest BCUT2D eigenvalue weighted by Crippen LogP contribution is 2.30. The predicted octanol–water partition coefficient (Wildman–Crippen LogP) is 4.39. The maximum Gasteiger partial charge on any atom is 0.331 e. The van der Waals surface area contributed by atoms with E-state index in [-0.39, 0.29) is 0 Å². The first kappa shape index (κ1) is 20.7. The van der Waals surface area contributed by atoms with Crippen molar-refractivity contribution in [2.24, 2.45) is 0 Å². The molecule has 29 heavy (non-hydrogen) atoms. The number of halogens is 1. The fraction of sp³-hybridized carbons (Fsp3) is 0.273. The van der Waals surface area contributed by atoms with Gasteiger partial charge in [-0.15, -0.1) is 0 Å². The Kier molecular flexibility index (Phi) is 6.77. The van der Waals surface area contributed by atoms with Gasteiger partial charge in [0.25, 0.3) is 5.91 Å². The van der Waals surface area contributed by atoms with Gasteiger partial charge in [-0.2, -0.15) is 0 Å². The number of ether oxygens (including phenoxy) is 3. The van der Waals surface area contributed by atoms with E-state index in [0.29, 0.717) is 35.4 Å². The Morgan fingerprint density at radius 2 is 1.93 bits per heavy atom. The van der Waals surface area contributed by atoms with Crippen molar-refractivity contribution in [3.05, 3.63) is 58.6 Å². The Hall–Kier alpha value is -2.99. The summed E-state index contributed by atoms with van der Waals surface area (Å²) in [5.41, 5.74) is 2.08. The summed E-state index contributed by atoms with van der Waals surface area (Å²) in [5, 5.41) is 3.26. The van der Waals surface area contributed by atoms with Crippen molar-refractivity contribution in [3.8, 4) is 11.5 Å². The SMILES string of the molecule is Cc1c(Cl)cccc1NC(=O)[C@@H](C)OC(=O)/C=C/c1ccc2c(c1)OCCCO2. The number of benzene rings is 2. The lowest BCUT2D eigenvalue weighted by molar-refractivity contribution is -0.148. The van der Waals surface area contributed by atoms with Crippen molar-refractivity contribution in [2.75, 3.05) is 18.5 Å². The predicted molar refractivity (Wildman–Crippen MR) is 111 cm³/mol. The number of amides is 1. The average molecular weight is 416 g/mol. The van der Waals surface area contributed by atoms with Gasteiger partial charge in [-0.25, -0.2) is 4.79 Å². The second kappa shape index (κ2) is 9.47. The van der Waals surface area contributed by atoms with E-state index in [1.807, 2.05) is 6.07 Å². The zero-order chi connectivity index (χ0) is 20.8. The van der Waals surface area contributed by atoms with Gasteiger partial charge in [0.05, 0.1) is 13.2 Å². The number of carbonyl (C=O) groups is 2. The number of esters is 1. The smallest absolute Gasteiger partial charge is 0.331 e. The van der Waals surface area contributed by atoms with E-state index in [0.717, 1.165) is 17.5 Å². The third-order valence-electron chi connectivity index (χ3n) is 4.37. The first-order valence-corrected chi connectivity index (χ1v) is 9.66. The second-order valence-corrected chi connectivity index (χ2v) is 6.98. The standard InChI is InChI=1S/C22H22ClNO5/c1-14-17(23)5-3-6-18(14)24-22(26)15(2)29-21(25)10-8-16-7-9-19-20(13-16)28-12-4-11-27-19/h3,5-10,13,15H,4,11-12H2,1-2H3,(H,24,26)/b10-8+/t15-/m1/s1. The van der Waals surface area contributed by atoms with Crippen molar-refractivity contribution >= 4 is 35.2 Å². The Morgan fingerprint density at radius 3 is 2.72 bits per heavy atom. The maximum atomic E-state index is 12.3. The van der Waals surface area contributed by atoms with E-state index in [1.54, 1.807) is 43.3 Å². The number of fused-ring (bicyclic) bond motifs is 1. The molecule has 1 heterocycles. The van der Waals surface area contributed by atoms with Crippen LogP contribution in [-0.2, 0) is 14.3 Å². The molecule has 0 fully saturated rings. The molecule has 2 aromatic rings. The third kappa shape index (κ3) is 5.51. The van der Waals surface area contributed by atoms with E-state index >= 15 is 0 Å². The summed E-state index contributed by atoms with van der Waals surface area (Å²) < 4.78 is 16.4. The molecular weight excluding hydrogens is 394 g/mol. The summed E-state index contributed by atoms with van der Waals surface area (Å²) >= 11 is 6.05. The van der Waals surface area contributed by atoms with Gasteiger partial charge in [-0.1, -0.05) is 23.7 Å². The number of hydrogen-bond acceptors (Lipinski definition) is 5. The van der Waals surface area contributed by atoms with Crippen LogP contribution < -0.4 is 14.8 Å². The lowest BCUT2D eigenvalue weighted by atomic mass is 10.2. The third-order valence-corrected chi connectivity index (χ3v) is 4.78. The first-order valence-electron chi connectivity index (χ1n) is 9.28. The molecule has 152 valence electrons. The molecule has 0 spiro atoms. The molecule has 0 unspecified atom stereocenters. The molecule has 1 N–H and O–H groups in total. The minimum atomic E-state index is -0.964. The molecule has 1 amide bonds. The lowest BCUT2D eigenvalue weighted by Crippen LogP contribution is -2.29. The topological polar surface area (TPSA) is 73.9 Å². The molecule has 0 aliphatic carbocycles. The molecule has 6 nitrogen and oxygen atoms in total. The maximum absolute atomic E-state index is 12.3. The molecule has 7 heteroatoms. The lowest BCUT2D eigenvalue weighted by Gasteiger charge is -2.14. The highest BCUT2D eigenvalue weighted by molar-refractivity contribution is 6.31. The fourth-order valence-corrected chi connectivity index (χ4v) is 2.87. The molecule has 0 radical (unpaired) electrons. The van der Waals surface area contributed by atoms with Crippen LogP contribution in [0, 0.1) is 6.92 Å². The van der Waals surface area contributed by atoms with Gasteiger partial charge < -0.3 is 19.5 Å². The highest BCUT2D eigenvalue weighted by Gasteiger charge is 2.18. The average Bonchev–Trinajstić information content (AvgIpc) is 2.94. The first-order chi connectivity index (χ1) is 13.9. The number of hydrogen-bond donors (Lipinski definition) is 1. The second-order valence-electron chi connectivity index (χ2n) is 6.57. The van der Waals surface area contributed by atoms with E-state index in [1.165, 1.54) is 13.0 Å². The molecule has 1 aliphatic heterocycles. The van der Waals surface area contributed by atoms with Gasteiger partial charge in [-0.3, -0.25) is 4.79 Å². The molecule has 1 atom stereocenters. The van der Waals surface area contributed by atoms with Crippen molar-refractivity contribution < 1.29 is 23.8 Å². The Bertz CT molecular complexity index is 941. The monoisotopic (exact) mass is 415 g/mol. The number of carbonyl (C=O) groups excluding carboxylic acids is 2. The number of anilines is 1. The Balaban J connectivity index is 1.57. The molecule has 0 bridgehead atoms.